The van der Waals surface area contributed by atoms with Crippen molar-refractivity contribution in [2.45, 2.75) is 18.4 Å². The van der Waals surface area contributed by atoms with E-state index < -0.39 is 0 Å². The minimum Gasteiger partial charge on any atom is -0.382 e. The third kappa shape index (κ3) is 3.55. The standard InChI is InChI=1S/C15H23NO2/c1-16-15(11-18-9-8-17-2)14-10-13(14)12-6-4-3-5-7-12/h3-7,13-16H,8-11H2,1-2H3. The molecule has 1 fully saturated rings. The first kappa shape index (κ1) is 13.5. The fourth-order valence-corrected chi connectivity index (χ4v) is 2.52. The fourth-order valence-electron chi connectivity index (χ4n) is 2.52. The first-order chi connectivity index (χ1) is 8.86. The highest BCUT2D eigenvalue weighted by molar-refractivity contribution is 5.26. The van der Waals surface area contributed by atoms with Crippen molar-refractivity contribution in [3.8, 4) is 0 Å². The SMILES string of the molecule is CNC(COCCOC)C1CC1c1ccccc1. The second-order valence-electron chi connectivity index (χ2n) is 4.88. The maximum atomic E-state index is 5.63. The molecule has 3 heteroatoms. The van der Waals surface area contributed by atoms with Gasteiger partial charge in [-0.1, -0.05) is 30.3 Å². The van der Waals surface area contributed by atoms with Gasteiger partial charge in [0.05, 0.1) is 19.8 Å². The summed E-state index contributed by atoms with van der Waals surface area (Å²) in [6, 6.07) is 11.2. The Bertz CT molecular complexity index is 342. The van der Waals surface area contributed by atoms with E-state index in [9.17, 15) is 0 Å². The van der Waals surface area contributed by atoms with E-state index in [1.54, 1.807) is 7.11 Å². The summed E-state index contributed by atoms with van der Waals surface area (Å²) < 4.78 is 10.6. The van der Waals surface area contributed by atoms with Crippen molar-refractivity contribution in [3.05, 3.63) is 35.9 Å². The van der Waals surface area contributed by atoms with Gasteiger partial charge in [-0.3, -0.25) is 0 Å². The van der Waals surface area contributed by atoms with Crippen LogP contribution in [0.4, 0.5) is 0 Å². The quantitative estimate of drug-likeness (QED) is 0.715. The molecule has 1 N–H and O–H groups in total. The average Bonchev–Trinajstić information content (AvgIpc) is 3.20. The molecule has 1 aliphatic carbocycles. The first-order valence-electron chi connectivity index (χ1n) is 6.65. The van der Waals surface area contributed by atoms with Gasteiger partial charge in [-0.15, -0.1) is 0 Å². The predicted octanol–water partition coefficient (Wildman–Crippen LogP) is 2.04. The zero-order valence-corrected chi connectivity index (χ0v) is 11.3. The summed E-state index contributed by atoms with van der Waals surface area (Å²) in [5.41, 5.74) is 1.46. The smallest absolute Gasteiger partial charge is 0.0701 e. The summed E-state index contributed by atoms with van der Waals surface area (Å²) in [6.07, 6.45) is 1.27. The monoisotopic (exact) mass is 249 g/mol. The van der Waals surface area contributed by atoms with Gasteiger partial charge in [0.15, 0.2) is 0 Å². The molecule has 0 radical (unpaired) electrons. The van der Waals surface area contributed by atoms with E-state index in [1.807, 2.05) is 7.05 Å². The maximum absolute atomic E-state index is 5.63. The molecule has 0 heterocycles. The molecule has 2 rings (SSSR count). The number of benzene rings is 1. The Morgan fingerprint density at radius 2 is 2.06 bits per heavy atom. The van der Waals surface area contributed by atoms with Gasteiger partial charge in [-0.25, -0.2) is 0 Å². The van der Waals surface area contributed by atoms with E-state index in [4.69, 9.17) is 9.47 Å². The molecule has 3 unspecified atom stereocenters. The molecule has 0 aliphatic heterocycles. The molecule has 3 nitrogen and oxygen atoms in total. The number of methoxy groups -OCH3 is 1. The van der Waals surface area contributed by atoms with Crippen molar-refractivity contribution in [2.24, 2.45) is 5.92 Å². The van der Waals surface area contributed by atoms with Crippen LogP contribution in [0.15, 0.2) is 30.3 Å². The largest absolute Gasteiger partial charge is 0.382 e. The van der Waals surface area contributed by atoms with Gasteiger partial charge in [-0.2, -0.15) is 0 Å². The Morgan fingerprint density at radius 3 is 2.72 bits per heavy atom. The van der Waals surface area contributed by atoms with Gasteiger partial charge in [0.25, 0.3) is 0 Å². The summed E-state index contributed by atoms with van der Waals surface area (Å²) in [6.45, 7) is 2.12. The summed E-state index contributed by atoms with van der Waals surface area (Å²) >= 11 is 0. The van der Waals surface area contributed by atoms with Crippen molar-refractivity contribution in [2.75, 3.05) is 34.0 Å². The molecule has 1 aromatic carbocycles. The summed E-state index contributed by atoms with van der Waals surface area (Å²) in [7, 11) is 3.72. The van der Waals surface area contributed by atoms with Crippen LogP contribution in [0.1, 0.15) is 17.9 Å². The van der Waals surface area contributed by atoms with Gasteiger partial charge >= 0.3 is 0 Å². The Labute approximate surface area is 109 Å². The van der Waals surface area contributed by atoms with Crippen molar-refractivity contribution >= 4 is 0 Å². The highest BCUT2D eigenvalue weighted by Crippen LogP contribution is 2.49. The Balaban J connectivity index is 1.77. The molecule has 0 aromatic heterocycles. The number of hydrogen-bond donors (Lipinski definition) is 1. The zero-order chi connectivity index (χ0) is 12.8. The first-order valence-corrected chi connectivity index (χ1v) is 6.65. The van der Waals surface area contributed by atoms with Gasteiger partial charge in [0.2, 0.25) is 0 Å². The minimum atomic E-state index is 0.451. The van der Waals surface area contributed by atoms with Crippen LogP contribution in [-0.4, -0.2) is 40.0 Å². The average molecular weight is 249 g/mol. The highest BCUT2D eigenvalue weighted by atomic mass is 16.5. The molecule has 0 amide bonds. The molecular formula is C15H23NO2. The van der Waals surface area contributed by atoms with Crippen molar-refractivity contribution in [1.29, 1.82) is 0 Å². The topological polar surface area (TPSA) is 30.5 Å². The molecule has 0 saturated heterocycles. The van der Waals surface area contributed by atoms with Crippen LogP contribution in [0.3, 0.4) is 0 Å². The Morgan fingerprint density at radius 1 is 1.28 bits per heavy atom. The second-order valence-corrected chi connectivity index (χ2v) is 4.88. The van der Waals surface area contributed by atoms with Crippen LogP contribution in [0, 0.1) is 5.92 Å². The number of rotatable bonds is 8. The van der Waals surface area contributed by atoms with Gasteiger partial charge in [0, 0.05) is 13.2 Å². The van der Waals surface area contributed by atoms with Crippen molar-refractivity contribution in [3.63, 3.8) is 0 Å². The Kier molecular flexibility index (Phi) is 5.17. The molecule has 0 bridgehead atoms. The van der Waals surface area contributed by atoms with Gasteiger partial charge in [-0.05, 0) is 30.9 Å². The van der Waals surface area contributed by atoms with Gasteiger partial charge < -0.3 is 14.8 Å². The molecule has 100 valence electrons. The minimum absolute atomic E-state index is 0.451. The lowest BCUT2D eigenvalue weighted by Gasteiger charge is -2.16. The molecule has 1 aromatic rings. The molecule has 0 spiro atoms. The van der Waals surface area contributed by atoms with E-state index in [0.717, 1.165) is 6.61 Å². The molecule has 3 atom stereocenters. The fraction of sp³-hybridized carbons (Fsp3) is 0.600. The van der Waals surface area contributed by atoms with E-state index in [-0.39, 0.29) is 0 Å². The van der Waals surface area contributed by atoms with Crippen LogP contribution in [0.25, 0.3) is 0 Å². The zero-order valence-electron chi connectivity index (χ0n) is 11.3. The van der Waals surface area contributed by atoms with E-state index in [2.05, 4.69) is 35.6 Å². The highest BCUT2D eigenvalue weighted by Gasteiger charge is 2.43. The van der Waals surface area contributed by atoms with Crippen LogP contribution in [0.5, 0.6) is 0 Å². The van der Waals surface area contributed by atoms with Crippen molar-refractivity contribution < 1.29 is 9.47 Å². The maximum Gasteiger partial charge on any atom is 0.0701 e. The number of nitrogens with one attached hydrogen (secondary N) is 1. The molecule has 18 heavy (non-hydrogen) atoms. The third-order valence-corrected chi connectivity index (χ3v) is 3.68. The summed E-state index contributed by atoms with van der Waals surface area (Å²) in [5, 5.41) is 3.37. The number of hydrogen-bond acceptors (Lipinski definition) is 3. The number of likely N-dealkylation sites (N-methyl/N-ethyl adjacent to an activating group) is 1. The van der Waals surface area contributed by atoms with E-state index >= 15 is 0 Å². The second kappa shape index (κ2) is 6.88. The predicted molar refractivity (Wildman–Crippen MR) is 72.8 cm³/mol. The lowest BCUT2D eigenvalue weighted by molar-refractivity contribution is 0.0564. The lowest BCUT2D eigenvalue weighted by Crippen LogP contribution is -2.33. The van der Waals surface area contributed by atoms with Gasteiger partial charge in [0.1, 0.15) is 0 Å². The third-order valence-electron chi connectivity index (χ3n) is 3.68. The molecule has 1 saturated carbocycles. The summed E-state index contributed by atoms with van der Waals surface area (Å²) in [4.78, 5) is 0. The normalized spacial score (nSPS) is 23.9. The van der Waals surface area contributed by atoms with Crippen LogP contribution in [-0.2, 0) is 9.47 Å². The summed E-state index contributed by atoms with van der Waals surface area (Å²) in [5.74, 6) is 1.41. The Hall–Kier alpha value is -0.900. The molecule has 1 aliphatic rings. The van der Waals surface area contributed by atoms with Crippen LogP contribution >= 0.6 is 0 Å². The number of ether oxygens (including phenoxy) is 2. The van der Waals surface area contributed by atoms with Crippen molar-refractivity contribution in [1.82, 2.24) is 5.32 Å². The van der Waals surface area contributed by atoms with Crippen LogP contribution < -0.4 is 5.32 Å². The van der Waals surface area contributed by atoms with E-state index in [1.165, 1.54) is 12.0 Å². The van der Waals surface area contributed by atoms with E-state index in [0.29, 0.717) is 31.1 Å². The lowest BCUT2D eigenvalue weighted by atomic mass is 10.1. The van der Waals surface area contributed by atoms with Crippen LogP contribution in [0.2, 0.25) is 0 Å². The molecular weight excluding hydrogens is 226 g/mol.